The van der Waals surface area contributed by atoms with Crippen molar-refractivity contribution in [1.82, 2.24) is 0 Å². The van der Waals surface area contributed by atoms with Crippen molar-refractivity contribution >= 4 is 17.5 Å². The van der Waals surface area contributed by atoms with Crippen molar-refractivity contribution in [2.75, 3.05) is 0 Å². The van der Waals surface area contributed by atoms with E-state index < -0.39 is 0 Å². The van der Waals surface area contributed by atoms with Gasteiger partial charge in [0.1, 0.15) is 5.78 Å². The van der Waals surface area contributed by atoms with Gasteiger partial charge in [-0.25, -0.2) is 0 Å². The number of rotatable bonds is 2. The van der Waals surface area contributed by atoms with Crippen molar-refractivity contribution in [2.45, 2.75) is 29.9 Å². The molecule has 1 atom stereocenters. The molecule has 1 nitrogen and oxygen atoms in total. The lowest BCUT2D eigenvalue weighted by Crippen LogP contribution is -2.06. The fourth-order valence-corrected chi connectivity index (χ4v) is 3.09. The van der Waals surface area contributed by atoms with E-state index in [0.717, 1.165) is 6.42 Å². The molecule has 1 aliphatic rings. The predicted octanol–water partition coefficient (Wildman–Crippen LogP) is 2.68. The summed E-state index contributed by atoms with van der Waals surface area (Å²) in [5.41, 5.74) is 1.40. The van der Waals surface area contributed by atoms with Gasteiger partial charge in [0.25, 0.3) is 0 Å². The zero-order valence-electron chi connectivity index (χ0n) is 7.62. The molecular formula is C11H12OS. The molecule has 0 amide bonds. The van der Waals surface area contributed by atoms with Crippen LogP contribution < -0.4 is 0 Å². The van der Waals surface area contributed by atoms with Crippen LogP contribution in [0, 0.1) is 0 Å². The van der Waals surface area contributed by atoms with Gasteiger partial charge in [-0.15, -0.1) is 11.8 Å². The maximum absolute atomic E-state index is 10.9. The van der Waals surface area contributed by atoms with E-state index in [1.807, 2.05) is 11.8 Å². The molecule has 13 heavy (non-hydrogen) atoms. The number of Topliss-reactive ketones (excluding diaryl/α,β-unsaturated/α-hetero) is 1. The van der Waals surface area contributed by atoms with E-state index >= 15 is 0 Å². The van der Waals surface area contributed by atoms with Gasteiger partial charge in [-0.1, -0.05) is 18.2 Å². The Balaban J connectivity index is 2.09. The smallest absolute Gasteiger partial charge is 0.130 e. The minimum absolute atomic E-state index is 0.297. The van der Waals surface area contributed by atoms with Gasteiger partial charge < -0.3 is 0 Å². The lowest BCUT2D eigenvalue weighted by atomic mass is 10.1. The topological polar surface area (TPSA) is 17.1 Å². The van der Waals surface area contributed by atoms with Crippen molar-refractivity contribution in [3.05, 3.63) is 29.8 Å². The van der Waals surface area contributed by atoms with Gasteiger partial charge in [0.05, 0.1) is 0 Å². The molecule has 1 aliphatic heterocycles. The zero-order chi connectivity index (χ0) is 9.26. The molecule has 1 heterocycles. The number of hydrogen-bond donors (Lipinski definition) is 0. The second-order valence-corrected chi connectivity index (χ2v) is 4.80. The standard InChI is InChI=1S/C11H12OS/c1-8(12)6-10-7-9-4-2-3-5-11(9)13-10/h2-5,10H,6-7H2,1H3. The van der Waals surface area contributed by atoms with Crippen LogP contribution >= 0.6 is 11.8 Å². The van der Waals surface area contributed by atoms with Gasteiger partial charge in [0.2, 0.25) is 0 Å². The second-order valence-electron chi connectivity index (χ2n) is 3.46. The van der Waals surface area contributed by atoms with Crippen molar-refractivity contribution in [2.24, 2.45) is 0 Å². The van der Waals surface area contributed by atoms with Gasteiger partial charge in [-0.05, 0) is 25.0 Å². The minimum Gasteiger partial charge on any atom is -0.300 e. The number of thioether (sulfide) groups is 1. The minimum atomic E-state index is 0.297. The molecule has 0 radical (unpaired) electrons. The van der Waals surface area contributed by atoms with Crippen molar-refractivity contribution in [3.8, 4) is 0 Å². The summed E-state index contributed by atoms with van der Waals surface area (Å²) in [5.74, 6) is 0.297. The number of ketones is 1. The zero-order valence-corrected chi connectivity index (χ0v) is 8.43. The average Bonchev–Trinajstić information content (AvgIpc) is 2.44. The molecule has 1 unspecified atom stereocenters. The lowest BCUT2D eigenvalue weighted by Gasteiger charge is -2.03. The van der Waals surface area contributed by atoms with E-state index in [1.165, 1.54) is 10.5 Å². The monoisotopic (exact) mass is 192 g/mol. The van der Waals surface area contributed by atoms with Crippen LogP contribution in [0.4, 0.5) is 0 Å². The third-order valence-electron chi connectivity index (χ3n) is 2.23. The van der Waals surface area contributed by atoms with E-state index in [-0.39, 0.29) is 0 Å². The van der Waals surface area contributed by atoms with Gasteiger partial charge in [0.15, 0.2) is 0 Å². The highest BCUT2D eigenvalue weighted by molar-refractivity contribution is 8.00. The van der Waals surface area contributed by atoms with Crippen LogP contribution in [-0.4, -0.2) is 11.0 Å². The molecule has 2 rings (SSSR count). The van der Waals surface area contributed by atoms with E-state index in [1.54, 1.807) is 6.92 Å². The third kappa shape index (κ3) is 1.94. The molecule has 0 aromatic heterocycles. The summed E-state index contributed by atoms with van der Waals surface area (Å²) < 4.78 is 0. The van der Waals surface area contributed by atoms with Crippen molar-refractivity contribution in [3.63, 3.8) is 0 Å². The summed E-state index contributed by atoms with van der Waals surface area (Å²) in [6.07, 6.45) is 1.76. The Labute approximate surface area is 82.5 Å². The second kappa shape index (κ2) is 3.54. The summed E-state index contributed by atoms with van der Waals surface area (Å²) in [7, 11) is 0. The first-order valence-electron chi connectivity index (χ1n) is 4.49. The van der Waals surface area contributed by atoms with Gasteiger partial charge in [-0.2, -0.15) is 0 Å². The molecule has 1 aromatic rings. The number of carbonyl (C=O) groups is 1. The lowest BCUT2D eigenvalue weighted by molar-refractivity contribution is -0.116. The number of benzene rings is 1. The SMILES string of the molecule is CC(=O)CC1Cc2ccccc2S1. The molecular weight excluding hydrogens is 180 g/mol. The average molecular weight is 192 g/mol. The summed E-state index contributed by atoms with van der Waals surface area (Å²) in [4.78, 5) is 12.3. The van der Waals surface area contributed by atoms with E-state index in [2.05, 4.69) is 24.3 Å². The molecule has 0 saturated carbocycles. The quantitative estimate of drug-likeness (QED) is 0.716. The Morgan fingerprint density at radius 1 is 1.54 bits per heavy atom. The molecule has 0 saturated heterocycles. The molecule has 0 bridgehead atoms. The van der Waals surface area contributed by atoms with Crippen LogP contribution in [0.15, 0.2) is 29.2 Å². The molecule has 68 valence electrons. The summed E-state index contributed by atoms with van der Waals surface area (Å²) >= 11 is 1.84. The van der Waals surface area contributed by atoms with Crippen LogP contribution in [0.3, 0.4) is 0 Å². The summed E-state index contributed by atoms with van der Waals surface area (Å²) in [5, 5.41) is 0.481. The first kappa shape index (κ1) is 8.82. The fourth-order valence-electron chi connectivity index (χ4n) is 1.69. The van der Waals surface area contributed by atoms with E-state index in [0.29, 0.717) is 17.5 Å². The summed E-state index contributed by atoms with van der Waals surface area (Å²) in [6.45, 7) is 1.67. The first-order valence-corrected chi connectivity index (χ1v) is 5.37. The largest absolute Gasteiger partial charge is 0.300 e. The van der Waals surface area contributed by atoms with E-state index in [9.17, 15) is 4.79 Å². The molecule has 0 spiro atoms. The van der Waals surface area contributed by atoms with Crippen LogP contribution in [-0.2, 0) is 11.2 Å². The van der Waals surface area contributed by atoms with Gasteiger partial charge in [0, 0.05) is 16.6 Å². The predicted molar refractivity (Wildman–Crippen MR) is 55.1 cm³/mol. The number of hydrogen-bond acceptors (Lipinski definition) is 2. The van der Waals surface area contributed by atoms with Crippen molar-refractivity contribution < 1.29 is 4.79 Å². The molecule has 0 aliphatic carbocycles. The highest BCUT2D eigenvalue weighted by Gasteiger charge is 2.22. The highest BCUT2D eigenvalue weighted by atomic mass is 32.2. The summed E-state index contributed by atoms with van der Waals surface area (Å²) in [6, 6.07) is 8.42. The molecule has 0 fully saturated rings. The van der Waals surface area contributed by atoms with Crippen LogP contribution in [0.25, 0.3) is 0 Å². The van der Waals surface area contributed by atoms with Crippen molar-refractivity contribution in [1.29, 1.82) is 0 Å². The Kier molecular flexibility index (Phi) is 2.40. The Morgan fingerprint density at radius 2 is 2.31 bits per heavy atom. The maximum Gasteiger partial charge on any atom is 0.130 e. The maximum atomic E-state index is 10.9. The highest BCUT2D eigenvalue weighted by Crippen LogP contribution is 2.38. The normalized spacial score (nSPS) is 19.9. The Bertz CT molecular complexity index is 308. The molecule has 0 N–H and O–H groups in total. The Hall–Kier alpha value is -0.760. The van der Waals surface area contributed by atoms with Crippen LogP contribution in [0.1, 0.15) is 18.9 Å². The first-order chi connectivity index (χ1) is 6.25. The number of carbonyl (C=O) groups excluding carboxylic acids is 1. The fraction of sp³-hybridized carbons (Fsp3) is 0.364. The van der Waals surface area contributed by atoms with E-state index in [4.69, 9.17) is 0 Å². The van der Waals surface area contributed by atoms with Gasteiger partial charge in [-0.3, -0.25) is 4.79 Å². The molecule has 1 aromatic carbocycles. The molecule has 2 heteroatoms. The number of fused-ring (bicyclic) bond motifs is 1. The Morgan fingerprint density at radius 3 is 3.00 bits per heavy atom. The van der Waals surface area contributed by atoms with Crippen LogP contribution in [0.2, 0.25) is 0 Å². The third-order valence-corrected chi connectivity index (χ3v) is 3.55. The van der Waals surface area contributed by atoms with Crippen LogP contribution in [0.5, 0.6) is 0 Å². The van der Waals surface area contributed by atoms with Gasteiger partial charge >= 0.3 is 0 Å².